The van der Waals surface area contributed by atoms with Crippen LogP contribution in [0, 0.1) is 5.82 Å². The Labute approximate surface area is 93.8 Å². The van der Waals surface area contributed by atoms with Crippen molar-refractivity contribution in [3.8, 4) is 0 Å². The monoisotopic (exact) mass is 251 g/mol. The summed E-state index contributed by atoms with van der Waals surface area (Å²) in [6, 6.07) is 1.97. The summed E-state index contributed by atoms with van der Waals surface area (Å²) in [6.45, 7) is -0.319. The zero-order chi connectivity index (χ0) is 13.2. The predicted molar refractivity (Wildman–Crippen MR) is 50.8 cm³/mol. The Hall–Kier alpha value is -1.63. The number of carboxylic acids is 1. The molecule has 1 atom stereocenters. The van der Waals surface area contributed by atoms with E-state index in [0.29, 0.717) is 12.1 Å². The Morgan fingerprint density at radius 3 is 2.35 bits per heavy atom. The molecule has 0 aliphatic carbocycles. The average molecular weight is 251 g/mol. The minimum atomic E-state index is -4.80. The van der Waals surface area contributed by atoms with Gasteiger partial charge in [0.15, 0.2) is 0 Å². The predicted octanol–water partition coefficient (Wildman–Crippen LogP) is 1.97. The Morgan fingerprint density at radius 1 is 1.41 bits per heavy atom. The fourth-order valence-corrected chi connectivity index (χ4v) is 1.36. The average Bonchev–Trinajstić information content (AvgIpc) is 2.15. The number of hydrogen-bond donors (Lipinski definition) is 2. The molecule has 0 aromatic heterocycles. The van der Waals surface area contributed by atoms with Gasteiger partial charge in [-0.3, -0.25) is 4.79 Å². The molecule has 1 unspecified atom stereocenters. The molecule has 94 valence electrons. The SMILES string of the molecule is NCC(C(=O)O)c1ccc(C(F)(F)F)c(F)c1. The van der Waals surface area contributed by atoms with E-state index >= 15 is 0 Å². The third-order valence-electron chi connectivity index (χ3n) is 2.23. The summed E-state index contributed by atoms with van der Waals surface area (Å²) in [7, 11) is 0. The molecule has 3 N–H and O–H groups in total. The van der Waals surface area contributed by atoms with E-state index in [1.807, 2.05) is 0 Å². The Balaban J connectivity index is 3.16. The lowest BCUT2D eigenvalue weighted by Gasteiger charge is -2.13. The first-order valence-corrected chi connectivity index (χ1v) is 4.57. The van der Waals surface area contributed by atoms with Gasteiger partial charge in [0.25, 0.3) is 0 Å². The molecular weight excluding hydrogens is 242 g/mol. The van der Waals surface area contributed by atoms with Gasteiger partial charge in [0.1, 0.15) is 5.82 Å². The van der Waals surface area contributed by atoms with E-state index in [9.17, 15) is 22.4 Å². The second-order valence-electron chi connectivity index (χ2n) is 3.36. The van der Waals surface area contributed by atoms with Crippen LogP contribution in [0.1, 0.15) is 17.0 Å². The van der Waals surface area contributed by atoms with Crippen molar-refractivity contribution in [2.75, 3.05) is 6.54 Å². The van der Waals surface area contributed by atoms with Crippen LogP contribution in [0.5, 0.6) is 0 Å². The maximum absolute atomic E-state index is 13.2. The van der Waals surface area contributed by atoms with Crippen molar-refractivity contribution in [3.63, 3.8) is 0 Å². The third-order valence-corrected chi connectivity index (χ3v) is 2.23. The number of carboxylic acid groups (broad SMARTS) is 1. The van der Waals surface area contributed by atoms with Gasteiger partial charge < -0.3 is 10.8 Å². The maximum atomic E-state index is 13.2. The molecule has 0 aliphatic heterocycles. The van der Waals surface area contributed by atoms with Crippen LogP contribution in [0.3, 0.4) is 0 Å². The molecule has 1 rings (SSSR count). The third kappa shape index (κ3) is 2.94. The lowest BCUT2D eigenvalue weighted by Crippen LogP contribution is -2.21. The highest BCUT2D eigenvalue weighted by atomic mass is 19.4. The van der Waals surface area contributed by atoms with Gasteiger partial charge in [0.2, 0.25) is 0 Å². The molecule has 0 heterocycles. The van der Waals surface area contributed by atoms with E-state index in [4.69, 9.17) is 10.8 Å². The number of nitrogens with two attached hydrogens (primary N) is 1. The van der Waals surface area contributed by atoms with Crippen LogP contribution in [-0.2, 0) is 11.0 Å². The van der Waals surface area contributed by atoms with E-state index in [2.05, 4.69) is 0 Å². The first kappa shape index (κ1) is 13.4. The number of hydrogen-bond acceptors (Lipinski definition) is 2. The summed E-state index contributed by atoms with van der Waals surface area (Å²) in [6.07, 6.45) is -4.80. The van der Waals surface area contributed by atoms with E-state index in [1.165, 1.54) is 0 Å². The van der Waals surface area contributed by atoms with Gasteiger partial charge in [-0.05, 0) is 17.7 Å². The number of benzene rings is 1. The van der Waals surface area contributed by atoms with Gasteiger partial charge in [-0.15, -0.1) is 0 Å². The minimum absolute atomic E-state index is 0.0921. The highest BCUT2D eigenvalue weighted by Crippen LogP contribution is 2.32. The van der Waals surface area contributed by atoms with Gasteiger partial charge >= 0.3 is 12.1 Å². The smallest absolute Gasteiger partial charge is 0.419 e. The lowest BCUT2D eigenvalue weighted by atomic mass is 9.98. The number of aliphatic carboxylic acids is 1. The molecule has 7 heteroatoms. The highest BCUT2D eigenvalue weighted by molar-refractivity contribution is 5.76. The maximum Gasteiger partial charge on any atom is 0.419 e. The molecule has 3 nitrogen and oxygen atoms in total. The van der Waals surface area contributed by atoms with Gasteiger partial charge in [0, 0.05) is 6.54 Å². The normalized spacial score (nSPS) is 13.5. The molecule has 0 saturated heterocycles. The summed E-state index contributed by atoms with van der Waals surface area (Å²) < 4.78 is 49.9. The van der Waals surface area contributed by atoms with Crippen molar-refractivity contribution < 1.29 is 27.5 Å². The molecule has 0 amide bonds. The van der Waals surface area contributed by atoms with Gasteiger partial charge in [-0.2, -0.15) is 13.2 Å². The van der Waals surface area contributed by atoms with Crippen molar-refractivity contribution in [2.24, 2.45) is 5.73 Å². The van der Waals surface area contributed by atoms with Crippen molar-refractivity contribution >= 4 is 5.97 Å². The van der Waals surface area contributed by atoms with Gasteiger partial charge in [0.05, 0.1) is 11.5 Å². The van der Waals surface area contributed by atoms with Crippen LogP contribution in [0.15, 0.2) is 18.2 Å². The molecule has 0 spiro atoms. The quantitative estimate of drug-likeness (QED) is 0.807. The molecule has 0 radical (unpaired) electrons. The van der Waals surface area contributed by atoms with Crippen LogP contribution in [0.25, 0.3) is 0 Å². The Kier molecular flexibility index (Phi) is 3.72. The topological polar surface area (TPSA) is 63.3 Å². The molecule has 1 aromatic carbocycles. The highest BCUT2D eigenvalue weighted by Gasteiger charge is 2.34. The van der Waals surface area contributed by atoms with Gasteiger partial charge in [-0.1, -0.05) is 6.07 Å². The first-order valence-electron chi connectivity index (χ1n) is 4.57. The molecule has 1 aromatic rings. The zero-order valence-electron chi connectivity index (χ0n) is 8.46. The summed E-state index contributed by atoms with van der Waals surface area (Å²) >= 11 is 0. The molecule has 0 saturated carbocycles. The van der Waals surface area contributed by atoms with Crippen LogP contribution in [0.2, 0.25) is 0 Å². The van der Waals surface area contributed by atoms with Crippen LogP contribution < -0.4 is 5.73 Å². The van der Waals surface area contributed by atoms with Crippen molar-refractivity contribution in [1.82, 2.24) is 0 Å². The van der Waals surface area contributed by atoms with Crippen LogP contribution in [-0.4, -0.2) is 17.6 Å². The number of halogens is 4. The Morgan fingerprint density at radius 2 is 2.00 bits per heavy atom. The minimum Gasteiger partial charge on any atom is -0.481 e. The summed E-state index contributed by atoms with van der Waals surface area (Å²) in [5.41, 5.74) is 3.63. The van der Waals surface area contributed by atoms with E-state index < -0.39 is 29.4 Å². The van der Waals surface area contributed by atoms with Gasteiger partial charge in [-0.25, -0.2) is 4.39 Å². The van der Waals surface area contributed by atoms with Crippen LogP contribution in [0.4, 0.5) is 17.6 Å². The molecule has 17 heavy (non-hydrogen) atoms. The molecule has 0 bridgehead atoms. The molecular formula is C10H9F4NO2. The van der Waals surface area contributed by atoms with Crippen molar-refractivity contribution in [1.29, 1.82) is 0 Å². The molecule has 0 fully saturated rings. The van der Waals surface area contributed by atoms with Crippen molar-refractivity contribution in [3.05, 3.63) is 35.1 Å². The molecule has 0 aliphatic rings. The summed E-state index contributed by atoms with van der Waals surface area (Å²) in [5.74, 6) is -4.03. The number of alkyl halides is 3. The van der Waals surface area contributed by atoms with E-state index in [0.717, 1.165) is 6.07 Å². The fraction of sp³-hybridized carbons (Fsp3) is 0.300. The lowest BCUT2D eigenvalue weighted by molar-refractivity contribution is -0.140. The largest absolute Gasteiger partial charge is 0.481 e. The summed E-state index contributed by atoms with van der Waals surface area (Å²) in [4.78, 5) is 10.7. The summed E-state index contributed by atoms with van der Waals surface area (Å²) in [5, 5.41) is 8.72. The second kappa shape index (κ2) is 4.70. The number of carbonyl (C=O) groups is 1. The fourth-order valence-electron chi connectivity index (χ4n) is 1.36. The standard InChI is InChI=1S/C10H9F4NO2/c11-8-3-5(6(4-15)9(16)17)1-2-7(8)10(12,13)14/h1-3,6H,4,15H2,(H,16,17). The van der Waals surface area contributed by atoms with E-state index in [-0.39, 0.29) is 12.1 Å². The number of rotatable bonds is 3. The van der Waals surface area contributed by atoms with Crippen molar-refractivity contribution in [2.45, 2.75) is 12.1 Å². The van der Waals surface area contributed by atoms with Crippen LogP contribution >= 0.6 is 0 Å². The second-order valence-corrected chi connectivity index (χ2v) is 3.36. The Bertz CT molecular complexity index is 431. The zero-order valence-corrected chi connectivity index (χ0v) is 8.46. The van der Waals surface area contributed by atoms with E-state index in [1.54, 1.807) is 0 Å². The first-order chi connectivity index (χ1) is 7.77.